The predicted molar refractivity (Wildman–Crippen MR) is 73.3 cm³/mol. The molecule has 0 bridgehead atoms. The van der Waals surface area contributed by atoms with Crippen LogP contribution in [0.4, 0.5) is 0 Å². The third-order valence-electron chi connectivity index (χ3n) is 3.27. The average Bonchev–Trinajstić information content (AvgIpc) is 2.86. The highest BCUT2D eigenvalue weighted by molar-refractivity contribution is 7.08. The third-order valence-corrected chi connectivity index (χ3v) is 4.02. The molecule has 6 nitrogen and oxygen atoms in total. The molecule has 0 saturated carbocycles. The van der Waals surface area contributed by atoms with E-state index in [4.69, 9.17) is 0 Å². The first-order chi connectivity index (χ1) is 9.11. The van der Waals surface area contributed by atoms with Gasteiger partial charge in [-0.05, 0) is 24.9 Å². The number of piperazine rings is 1. The van der Waals surface area contributed by atoms with E-state index in [1.54, 1.807) is 6.92 Å². The highest BCUT2D eigenvalue weighted by Crippen LogP contribution is 2.15. The van der Waals surface area contributed by atoms with Gasteiger partial charge in [0.15, 0.2) is 0 Å². The van der Waals surface area contributed by atoms with Crippen molar-refractivity contribution in [2.24, 2.45) is 0 Å². The molecule has 1 aliphatic heterocycles. The van der Waals surface area contributed by atoms with Crippen LogP contribution in [-0.4, -0.2) is 69.2 Å². The molecule has 0 radical (unpaired) electrons. The fourth-order valence-electron chi connectivity index (χ4n) is 2.25. The van der Waals surface area contributed by atoms with Gasteiger partial charge >= 0.3 is 0 Å². The first kappa shape index (κ1) is 14.4. The van der Waals surface area contributed by atoms with Gasteiger partial charge in [-0.25, -0.2) is 0 Å². The Bertz CT molecular complexity index is 427. The number of aromatic nitrogens is 2. The summed E-state index contributed by atoms with van der Waals surface area (Å²) >= 11 is 1.18. The molecular formula is C12H20N4O2S. The lowest BCUT2D eigenvalue weighted by Crippen LogP contribution is -2.50. The Morgan fingerprint density at radius 1 is 1.42 bits per heavy atom. The van der Waals surface area contributed by atoms with Crippen molar-refractivity contribution >= 4 is 17.4 Å². The fraction of sp³-hybridized carbons (Fsp3) is 0.750. The van der Waals surface area contributed by atoms with Crippen molar-refractivity contribution in [3.05, 3.63) is 10.6 Å². The van der Waals surface area contributed by atoms with E-state index in [1.165, 1.54) is 11.5 Å². The van der Waals surface area contributed by atoms with Crippen molar-refractivity contribution in [1.82, 2.24) is 19.4 Å². The lowest BCUT2D eigenvalue weighted by atomic mass is 10.2. The summed E-state index contributed by atoms with van der Waals surface area (Å²) in [6, 6.07) is 0. The van der Waals surface area contributed by atoms with Crippen molar-refractivity contribution in [3.8, 4) is 0 Å². The fourth-order valence-corrected chi connectivity index (χ4v) is 2.97. The van der Waals surface area contributed by atoms with Crippen LogP contribution in [0.5, 0.6) is 0 Å². The Balaban J connectivity index is 1.92. The number of aryl methyl sites for hydroxylation is 1. The van der Waals surface area contributed by atoms with Crippen LogP contribution in [0.25, 0.3) is 0 Å². The number of hydrogen-bond acceptors (Lipinski definition) is 6. The molecule has 106 valence electrons. The van der Waals surface area contributed by atoms with Crippen LogP contribution >= 0.6 is 11.5 Å². The molecule has 19 heavy (non-hydrogen) atoms. The zero-order valence-electron chi connectivity index (χ0n) is 11.4. The molecule has 1 N–H and O–H groups in total. The normalized spacial score (nSPS) is 18.6. The van der Waals surface area contributed by atoms with E-state index < -0.39 is 0 Å². The second-order valence-electron chi connectivity index (χ2n) is 4.84. The Kier molecular flexibility index (Phi) is 4.84. The summed E-state index contributed by atoms with van der Waals surface area (Å²) in [5, 5.41) is 13.3. The quantitative estimate of drug-likeness (QED) is 0.857. The molecule has 1 aromatic heterocycles. The van der Waals surface area contributed by atoms with E-state index in [9.17, 15) is 9.90 Å². The monoisotopic (exact) mass is 284 g/mol. The summed E-state index contributed by atoms with van der Waals surface area (Å²) in [4.78, 5) is 17.1. The summed E-state index contributed by atoms with van der Waals surface area (Å²) < 4.78 is 3.86. The highest BCUT2D eigenvalue weighted by Gasteiger charge is 2.25. The van der Waals surface area contributed by atoms with Gasteiger partial charge in [0.2, 0.25) is 0 Å². The van der Waals surface area contributed by atoms with Crippen LogP contribution in [0.15, 0.2) is 0 Å². The predicted octanol–water partition coefficient (Wildman–Crippen LogP) is 0.239. The van der Waals surface area contributed by atoms with Gasteiger partial charge in [-0.15, -0.1) is 5.10 Å². The molecular weight excluding hydrogens is 264 g/mol. The summed E-state index contributed by atoms with van der Waals surface area (Å²) in [5.74, 6) is 0.0450. The molecule has 1 aliphatic rings. The maximum atomic E-state index is 12.4. The molecule has 2 heterocycles. The number of aliphatic hydroxyl groups is 1. The SMILES string of the molecule is CCc1nnsc1C(=O)N1CCN(C[C@H](C)O)CC1. The molecule has 0 aliphatic carbocycles. The van der Waals surface area contributed by atoms with E-state index in [0.717, 1.165) is 25.2 Å². The smallest absolute Gasteiger partial charge is 0.267 e. The van der Waals surface area contributed by atoms with Crippen LogP contribution in [0, 0.1) is 0 Å². The Labute approximate surface area is 117 Å². The number of hydrogen-bond donors (Lipinski definition) is 1. The molecule has 1 aromatic rings. The number of rotatable bonds is 4. The zero-order valence-corrected chi connectivity index (χ0v) is 12.2. The zero-order chi connectivity index (χ0) is 13.8. The van der Waals surface area contributed by atoms with Gasteiger partial charge in [-0.1, -0.05) is 11.4 Å². The van der Waals surface area contributed by atoms with Gasteiger partial charge in [-0.3, -0.25) is 9.69 Å². The lowest BCUT2D eigenvalue weighted by Gasteiger charge is -2.35. The van der Waals surface area contributed by atoms with E-state index in [-0.39, 0.29) is 12.0 Å². The van der Waals surface area contributed by atoms with E-state index in [2.05, 4.69) is 14.5 Å². The van der Waals surface area contributed by atoms with Crippen molar-refractivity contribution in [3.63, 3.8) is 0 Å². The standard InChI is InChI=1S/C12H20N4O2S/c1-3-10-11(19-14-13-10)12(18)16-6-4-15(5-7-16)8-9(2)17/h9,17H,3-8H2,1-2H3/t9-/m0/s1. The second-order valence-corrected chi connectivity index (χ2v) is 5.60. The Morgan fingerprint density at radius 2 is 2.11 bits per heavy atom. The van der Waals surface area contributed by atoms with Crippen molar-refractivity contribution < 1.29 is 9.90 Å². The van der Waals surface area contributed by atoms with Gasteiger partial charge < -0.3 is 10.0 Å². The summed E-state index contributed by atoms with van der Waals surface area (Å²) in [7, 11) is 0. The Hall–Kier alpha value is -1.05. The van der Waals surface area contributed by atoms with Crippen molar-refractivity contribution in [2.75, 3.05) is 32.7 Å². The molecule has 1 amide bonds. The van der Waals surface area contributed by atoms with Crippen molar-refractivity contribution in [1.29, 1.82) is 0 Å². The highest BCUT2D eigenvalue weighted by atomic mass is 32.1. The third kappa shape index (κ3) is 3.49. The first-order valence-electron chi connectivity index (χ1n) is 6.62. The molecule has 0 aromatic carbocycles. The van der Waals surface area contributed by atoms with Crippen LogP contribution < -0.4 is 0 Å². The second kappa shape index (κ2) is 6.40. The summed E-state index contributed by atoms with van der Waals surface area (Å²) in [6.45, 7) is 7.46. The lowest BCUT2D eigenvalue weighted by molar-refractivity contribution is 0.0557. The maximum Gasteiger partial charge on any atom is 0.267 e. The average molecular weight is 284 g/mol. The van der Waals surface area contributed by atoms with Crippen molar-refractivity contribution in [2.45, 2.75) is 26.4 Å². The van der Waals surface area contributed by atoms with E-state index in [0.29, 0.717) is 24.5 Å². The van der Waals surface area contributed by atoms with Gasteiger partial charge in [0, 0.05) is 32.7 Å². The summed E-state index contributed by atoms with van der Waals surface area (Å²) in [5.41, 5.74) is 0.793. The van der Waals surface area contributed by atoms with Gasteiger partial charge in [0.25, 0.3) is 5.91 Å². The molecule has 1 atom stereocenters. The molecule has 1 fully saturated rings. The molecule has 2 rings (SSSR count). The van der Waals surface area contributed by atoms with Crippen LogP contribution in [0.2, 0.25) is 0 Å². The van der Waals surface area contributed by atoms with E-state index >= 15 is 0 Å². The minimum atomic E-state index is -0.320. The molecule has 0 unspecified atom stereocenters. The summed E-state index contributed by atoms with van der Waals surface area (Å²) in [6.07, 6.45) is 0.416. The number of carbonyl (C=O) groups excluding carboxylic acids is 1. The minimum absolute atomic E-state index is 0.0450. The van der Waals surface area contributed by atoms with Gasteiger partial charge in [-0.2, -0.15) is 0 Å². The number of amides is 1. The number of β-amino-alcohol motifs (C(OH)–C–C–N with tert-alkyl or cyclic N) is 1. The Morgan fingerprint density at radius 3 is 2.68 bits per heavy atom. The maximum absolute atomic E-state index is 12.4. The number of nitrogens with zero attached hydrogens (tertiary/aromatic N) is 4. The van der Waals surface area contributed by atoms with Crippen LogP contribution in [-0.2, 0) is 6.42 Å². The molecule has 1 saturated heterocycles. The number of carbonyl (C=O) groups is 1. The van der Waals surface area contributed by atoms with Gasteiger partial charge in [0.05, 0.1) is 11.8 Å². The molecule has 7 heteroatoms. The molecule has 0 spiro atoms. The largest absolute Gasteiger partial charge is 0.392 e. The van der Waals surface area contributed by atoms with E-state index in [1.807, 2.05) is 11.8 Å². The first-order valence-corrected chi connectivity index (χ1v) is 7.40. The number of aliphatic hydroxyl groups excluding tert-OH is 1. The van der Waals surface area contributed by atoms with Crippen LogP contribution in [0.3, 0.4) is 0 Å². The topological polar surface area (TPSA) is 69.6 Å². The van der Waals surface area contributed by atoms with Gasteiger partial charge in [0.1, 0.15) is 4.88 Å². The minimum Gasteiger partial charge on any atom is -0.392 e. The van der Waals surface area contributed by atoms with Crippen LogP contribution in [0.1, 0.15) is 29.2 Å².